The Kier molecular flexibility index (Phi) is 3.56. The molecule has 1 aromatic rings. The van der Waals surface area contributed by atoms with Gasteiger partial charge in [0.05, 0.1) is 0 Å². The summed E-state index contributed by atoms with van der Waals surface area (Å²) in [5.74, 6) is 1.13. The fraction of sp³-hybridized carbons (Fsp3) is 0.583. The Morgan fingerprint density at radius 2 is 2.00 bits per heavy atom. The van der Waals surface area contributed by atoms with Crippen LogP contribution in [0.2, 0.25) is 0 Å². The first-order valence-electron chi connectivity index (χ1n) is 5.65. The van der Waals surface area contributed by atoms with Crippen LogP contribution in [0.4, 0.5) is 5.69 Å². The highest BCUT2D eigenvalue weighted by atomic mass is 16.3. The highest BCUT2D eigenvalue weighted by molar-refractivity contribution is 5.40. The predicted octanol–water partition coefficient (Wildman–Crippen LogP) is 1.90. The summed E-state index contributed by atoms with van der Waals surface area (Å²) >= 11 is 0. The lowest BCUT2D eigenvalue weighted by atomic mass is 9.97. The van der Waals surface area contributed by atoms with E-state index in [9.17, 15) is 5.11 Å². The molecule has 0 spiro atoms. The first-order valence-corrected chi connectivity index (χ1v) is 5.65. The molecule has 15 heavy (non-hydrogen) atoms. The molecule has 0 aliphatic heterocycles. The van der Waals surface area contributed by atoms with Gasteiger partial charge in [0.25, 0.3) is 0 Å². The number of hydrogen-bond acceptors (Lipinski definition) is 3. The topological polar surface area (TPSA) is 45.1 Å². The zero-order valence-corrected chi connectivity index (χ0v) is 8.89. The van der Waals surface area contributed by atoms with E-state index in [4.69, 9.17) is 0 Å². The summed E-state index contributed by atoms with van der Waals surface area (Å²) < 4.78 is 0. The van der Waals surface area contributed by atoms with Crippen molar-refractivity contribution in [3.63, 3.8) is 0 Å². The molecule has 2 unspecified atom stereocenters. The minimum absolute atomic E-state index is 0.336. The molecule has 1 aliphatic carbocycles. The van der Waals surface area contributed by atoms with E-state index in [1.165, 1.54) is 19.3 Å². The molecular weight excluding hydrogens is 188 g/mol. The molecule has 2 N–H and O–H groups in total. The van der Waals surface area contributed by atoms with Gasteiger partial charge < -0.3 is 10.4 Å². The van der Waals surface area contributed by atoms with Crippen molar-refractivity contribution in [2.24, 2.45) is 11.8 Å². The minimum Gasteiger partial charge on any atom is -0.396 e. The SMILES string of the molecule is OCC1CCCC1CNc1ccncc1. The van der Waals surface area contributed by atoms with Crippen molar-refractivity contribution in [1.82, 2.24) is 4.98 Å². The number of aliphatic hydroxyl groups excluding tert-OH is 1. The lowest BCUT2D eigenvalue weighted by molar-refractivity contribution is 0.199. The van der Waals surface area contributed by atoms with Crippen LogP contribution in [0.1, 0.15) is 19.3 Å². The first-order chi connectivity index (χ1) is 7.40. The zero-order chi connectivity index (χ0) is 10.5. The molecule has 2 rings (SSSR count). The second-order valence-corrected chi connectivity index (χ2v) is 4.25. The molecule has 1 aromatic heterocycles. The van der Waals surface area contributed by atoms with E-state index in [-0.39, 0.29) is 0 Å². The number of nitrogens with one attached hydrogen (secondary N) is 1. The number of aliphatic hydroxyl groups is 1. The second kappa shape index (κ2) is 5.12. The maximum Gasteiger partial charge on any atom is 0.0462 e. The quantitative estimate of drug-likeness (QED) is 0.791. The summed E-state index contributed by atoms with van der Waals surface area (Å²) in [6, 6.07) is 3.95. The molecule has 0 bridgehead atoms. The number of hydrogen-bond donors (Lipinski definition) is 2. The number of anilines is 1. The Morgan fingerprint density at radius 1 is 1.27 bits per heavy atom. The van der Waals surface area contributed by atoms with Gasteiger partial charge >= 0.3 is 0 Å². The van der Waals surface area contributed by atoms with Gasteiger partial charge in [0.15, 0.2) is 0 Å². The minimum atomic E-state index is 0.336. The van der Waals surface area contributed by atoms with Crippen molar-refractivity contribution < 1.29 is 5.11 Å². The average molecular weight is 206 g/mol. The lowest BCUT2D eigenvalue weighted by Crippen LogP contribution is -2.20. The van der Waals surface area contributed by atoms with Gasteiger partial charge in [0.2, 0.25) is 0 Å². The summed E-state index contributed by atoms with van der Waals surface area (Å²) in [4.78, 5) is 3.98. The van der Waals surface area contributed by atoms with E-state index in [2.05, 4.69) is 10.3 Å². The van der Waals surface area contributed by atoms with Crippen molar-refractivity contribution in [2.75, 3.05) is 18.5 Å². The Labute approximate surface area is 90.5 Å². The van der Waals surface area contributed by atoms with Crippen LogP contribution in [0, 0.1) is 11.8 Å². The van der Waals surface area contributed by atoms with Crippen molar-refractivity contribution in [3.05, 3.63) is 24.5 Å². The number of rotatable bonds is 4. The summed E-state index contributed by atoms with van der Waals surface area (Å²) in [6.07, 6.45) is 7.26. The lowest BCUT2D eigenvalue weighted by Gasteiger charge is -2.18. The zero-order valence-electron chi connectivity index (χ0n) is 8.89. The first kappa shape index (κ1) is 10.4. The molecule has 1 saturated carbocycles. The standard InChI is InChI=1S/C12H18N2O/c15-9-11-3-1-2-10(11)8-14-12-4-6-13-7-5-12/h4-7,10-11,15H,1-3,8-9H2,(H,13,14). The van der Waals surface area contributed by atoms with E-state index in [0.717, 1.165) is 12.2 Å². The Bertz CT molecular complexity index is 289. The maximum atomic E-state index is 9.20. The molecule has 0 saturated heterocycles. The third-order valence-electron chi connectivity index (χ3n) is 3.30. The van der Waals surface area contributed by atoms with Crippen LogP contribution in [-0.2, 0) is 0 Å². The fourth-order valence-electron chi connectivity index (χ4n) is 2.34. The van der Waals surface area contributed by atoms with Crippen LogP contribution in [-0.4, -0.2) is 23.2 Å². The smallest absolute Gasteiger partial charge is 0.0462 e. The van der Waals surface area contributed by atoms with Gasteiger partial charge in [0, 0.05) is 31.2 Å². The number of nitrogens with zero attached hydrogens (tertiary/aromatic N) is 1. The molecule has 0 amide bonds. The van der Waals surface area contributed by atoms with Crippen LogP contribution in [0.25, 0.3) is 0 Å². The van der Waals surface area contributed by atoms with Gasteiger partial charge in [-0.2, -0.15) is 0 Å². The van der Waals surface area contributed by atoms with E-state index < -0.39 is 0 Å². The van der Waals surface area contributed by atoms with Gasteiger partial charge in [-0.1, -0.05) is 6.42 Å². The molecule has 1 heterocycles. The normalized spacial score (nSPS) is 25.4. The molecule has 2 atom stereocenters. The highest BCUT2D eigenvalue weighted by Gasteiger charge is 2.25. The Balaban J connectivity index is 1.83. The van der Waals surface area contributed by atoms with E-state index in [0.29, 0.717) is 18.4 Å². The summed E-state index contributed by atoms with van der Waals surface area (Å²) in [6.45, 7) is 1.30. The van der Waals surface area contributed by atoms with Gasteiger partial charge in [-0.3, -0.25) is 4.98 Å². The molecule has 0 radical (unpaired) electrons. The van der Waals surface area contributed by atoms with E-state index in [1.54, 1.807) is 12.4 Å². The van der Waals surface area contributed by atoms with Crippen molar-refractivity contribution in [3.8, 4) is 0 Å². The largest absolute Gasteiger partial charge is 0.396 e. The van der Waals surface area contributed by atoms with Crippen LogP contribution in [0.15, 0.2) is 24.5 Å². The van der Waals surface area contributed by atoms with E-state index >= 15 is 0 Å². The summed E-state index contributed by atoms with van der Waals surface area (Å²) in [7, 11) is 0. The summed E-state index contributed by atoms with van der Waals surface area (Å²) in [5.41, 5.74) is 1.12. The molecule has 1 aliphatic rings. The van der Waals surface area contributed by atoms with E-state index in [1.807, 2.05) is 12.1 Å². The van der Waals surface area contributed by atoms with Crippen molar-refractivity contribution >= 4 is 5.69 Å². The van der Waals surface area contributed by atoms with Crippen LogP contribution >= 0.6 is 0 Å². The van der Waals surface area contributed by atoms with Gasteiger partial charge in [-0.15, -0.1) is 0 Å². The third-order valence-corrected chi connectivity index (χ3v) is 3.30. The number of aromatic nitrogens is 1. The molecule has 1 fully saturated rings. The van der Waals surface area contributed by atoms with Crippen LogP contribution < -0.4 is 5.32 Å². The highest BCUT2D eigenvalue weighted by Crippen LogP contribution is 2.31. The molecule has 82 valence electrons. The molecule has 3 nitrogen and oxygen atoms in total. The predicted molar refractivity (Wildman–Crippen MR) is 60.6 cm³/mol. The molecule has 0 aromatic carbocycles. The van der Waals surface area contributed by atoms with Crippen molar-refractivity contribution in [1.29, 1.82) is 0 Å². The van der Waals surface area contributed by atoms with Crippen LogP contribution in [0.5, 0.6) is 0 Å². The molecule has 3 heteroatoms. The molecular formula is C12H18N2O. The van der Waals surface area contributed by atoms with Gasteiger partial charge in [-0.25, -0.2) is 0 Å². The maximum absolute atomic E-state index is 9.20. The average Bonchev–Trinajstić information content (AvgIpc) is 2.75. The third kappa shape index (κ3) is 2.69. The Hall–Kier alpha value is -1.09. The summed E-state index contributed by atoms with van der Waals surface area (Å²) in [5, 5.41) is 12.6. The Morgan fingerprint density at radius 3 is 2.73 bits per heavy atom. The second-order valence-electron chi connectivity index (χ2n) is 4.25. The van der Waals surface area contributed by atoms with Gasteiger partial charge in [-0.05, 0) is 36.8 Å². The monoisotopic (exact) mass is 206 g/mol. The van der Waals surface area contributed by atoms with Crippen LogP contribution in [0.3, 0.4) is 0 Å². The van der Waals surface area contributed by atoms with Crippen molar-refractivity contribution in [2.45, 2.75) is 19.3 Å². The fourth-order valence-corrected chi connectivity index (χ4v) is 2.34. The van der Waals surface area contributed by atoms with Gasteiger partial charge in [0.1, 0.15) is 0 Å². The number of pyridine rings is 1.